The van der Waals surface area contributed by atoms with Crippen molar-refractivity contribution in [2.24, 2.45) is 7.05 Å². The molecule has 1 aromatic carbocycles. The largest absolute Gasteiger partial charge is 0.347 e. The molecule has 3 rings (SSSR count). The molecule has 1 fully saturated rings. The molecule has 9 nitrogen and oxygen atoms in total. The molecule has 0 bridgehead atoms. The van der Waals surface area contributed by atoms with Crippen LogP contribution in [0.25, 0.3) is 10.9 Å². The fourth-order valence-corrected chi connectivity index (χ4v) is 4.24. The smallest absolute Gasteiger partial charge is 0.331 e. The van der Waals surface area contributed by atoms with Gasteiger partial charge in [0.25, 0.3) is 5.56 Å². The van der Waals surface area contributed by atoms with Gasteiger partial charge in [-0.1, -0.05) is 0 Å². The van der Waals surface area contributed by atoms with Crippen LogP contribution in [0.4, 0.5) is 0 Å². The summed E-state index contributed by atoms with van der Waals surface area (Å²) in [6.45, 7) is 1.40. The van der Waals surface area contributed by atoms with Crippen molar-refractivity contribution in [2.45, 2.75) is 36.7 Å². The molecule has 1 N–H and O–H groups in total. The number of carbonyl (C=O) groups excluding carboxylic acids is 1. The van der Waals surface area contributed by atoms with E-state index in [4.69, 9.17) is 0 Å². The van der Waals surface area contributed by atoms with Gasteiger partial charge in [0, 0.05) is 26.7 Å². The minimum Gasteiger partial charge on any atom is -0.347 e. The molecule has 0 saturated heterocycles. The highest BCUT2D eigenvalue weighted by molar-refractivity contribution is 7.89. The van der Waals surface area contributed by atoms with Gasteiger partial charge in [-0.15, -0.1) is 0 Å². The second-order valence-electron chi connectivity index (χ2n) is 7.37. The molecule has 0 spiro atoms. The van der Waals surface area contributed by atoms with Crippen molar-refractivity contribution in [3.63, 3.8) is 0 Å². The number of nitrogens with one attached hydrogen (secondary N) is 1. The number of likely N-dealkylation sites (N-methyl/N-ethyl adjacent to an activating group) is 1. The van der Waals surface area contributed by atoms with Crippen LogP contribution in [0.15, 0.2) is 32.7 Å². The van der Waals surface area contributed by atoms with Gasteiger partial charge < -0.3 is 4.90 Å². The van der Waals surface area contributed by atoms with Crippen LogP contribution in [-0.2, 0) is 28.4 Å². The second-order valence-corrected chi connectivity index (χ2v) is 9.05. The SMILES string of the molecule is CN(C)C(=O)Cn1c(=O)c2cc(S(=O)(=O)NC3(C)CC3)ccc2n(C)c1=O. The maximum Gasteiger partial charge on any atom is 0.331 e. The molecule has 1 heterocycles. The molecule has 1 amide bonds. The Morgan fingerprint density at radius 3 is 2.44 bits per heavy atom. The van der Waals surface area contributed by atoms with Crippen LogP contribution < -0.4 is 16.0 Å². The molecule has 1 aliphatic carbocycles. The molecule has 1 aromatic heterocycles. The Kier molecular flexibility index (Phi) is 4.51. The van der Waals surface area contributed by atoms with E-state index < -0.39 is 39.3 Å². The normalized spacial score (nSPS) is 15.7. The molecular weight excluding hydrogens is 372 g/mol. The first-order chi connectivity index (χ1) is 12.4. The second kappa shape index (κ2) is 6.31. The predicted molar refractivity (Wildman–Crippen MR) is 100 cm³/mol. The highest BCUT2D eigenvalue weighted by Gasteiger charge is 2.41. The zero-order valence-electron chi connectivity index (χ0n) is 15.6. The number of hydrogen-bond acceptors (Lipinski definition) is 5. The van der Waals surface area contributed by atoms with E-state index in [2.05, 4.69) is 4.72 Å². The van der Waals surface area contributed by atoms with Crippen LogP contribution in [0, 0.1) is 0 Å². The highest BCUT2D eigenvalue weighted by Crippen LogP contribution is 2.36. The summed E-state index contributed by atoms with van der Waals surface area (Å²) in [6, 6.07) is 4.05. The standard InChI is InChI=1S/C17H22N4O5S/c1-17(7-8-17)18-27(25,26)11-5-6-13-12(9-11)15(23)21(16(24)20(13)4)10-14(22)19(2)3/h5-6,9,18H,7-8,10H2,1-4H3. The van der Waals surface area contributed by atoms with Gasteiger partial charge in [-0.05, 0) is 38.0 Å². The summed E-state index contributed by atoms with van der Waals surface area (Å²) in [4.78, 5) is 38.5. The van der Waals surface area contributed by atoms with Gasteiger partial charge in [-0.25, -0.2) is 17.9 Å². The van der Waals surface area contributed by atoms with Crippen molar-refractivity contribution < 1.29 is 13.2 Å². The third-order valence-corrected chi connectivity index (χ3v) is 6.44. The van der Waals surface area contributed by atoms with Crippen molar-refractivity contribution in [3.05, 3.63) is 39.0 Å². The molecule has 27 heavy (non-hydrogen) atoms. The van der Waals surface area contributed by atoms with Gasteiger partial charge >= 0.3 is 5.69 Å². The number of amides is 1. The first-order valence-corrected chi connectivity index (χ1v) is 9.91. The Balaban J connectivity index is 2.17. The molecule has 2 aromatic rings. The van der Waals surface area contributed by atoms with Gasteiger partial charge in [0.05, 0.1) is 15.8 Å². The lowest BCUT2D eigenvalue weighted by molar-refractivity contribution is -0.129. The van der Waals surface area contributed by atoms with Crippen LogP contribution >= 0.6 is 0 Å². The van der Waals surface area contributed by atoms with E-state index in [1.807, 2.05) is 6.92 Å². The summed E-state index contributed by atoms with van der Waals surface area (Å²) in [5.74, 6) is -0.416. The summed E-state index contributed by atoms with van der Waals surface area (Å²) < 4.78 is 29.9. The number of aromatic nitrogens is 2. The number of fused-ring (bicyclic) bond motifs is 1. The lowest BCUT2D eigenvalue weighted by Gasteiger charge is -2.15. The van der Waals surface area contributed by atoms with Gasteiger partial charge in [-0.3, -0.25) is 18.7 Å². The third-order valence-electron chi connectivity index (χ3n) is 4.81. The molecule has 0 aliphatic heterocycles. The number of benzene rings is 1. The zero-order chi connectivity index (χ0) is 20.1. The Morgan fingerprint density at radius 1 is 1.26 bits per heavy atom. The summed E-state index contributed by atoms with van der Waals surface area (Å²) in [5, 5.41) is 0.0625. The van der Waals surface area contributed by atoms with E-state index in [1.54, 1.807) is 0 Å². The number of aryl methyl sites for hydroxylation is 1. The molecule has 1 saturated carbocycles. The molecule has 0 atom stereocenters. The first-order valence-electron chi connectivity index (χ1n) is 8.43. The summed E-state index contributed by atoms with van der Waals surface area (Å²) in [6.07, 6.45) is 1.52. The Bertz CT molecular complexity index is 1160. The van der Waals surface area contributed by atoms with E-state index in [0.717, 1.165) is 17.4 Å². The van der Waals surface area contributed by atoms with E-state index in [1.165, 1.54) is 48.8 Å². The Hall–Kier alpha value is -2.46. The van der Waals surface area contributed by atoms with Gasteiger partial charge in [0.15, 0.2) is 0 Å². The van der Waals surface area contributed by atoms with Crippen LogP contribution in [0.2, 0.25) is 0 Å². The fourth-order valence-electron chi connectivity index (χ4n) is 2.75. The molecule has 146 valence electrons. The summed E-state index contributed by atoms with van der Waals surface area (Å²) >= 11 is 0. The quantitative estimate of drug-likeness (QED) is 0.743. The number of hydrogen-bond donors (Lipinski definition) is 1. The summed E-state index contributed by atoms with van der Waals surface area (Å²) in [7, 11) is 0.717. The Morgan fingerprint density at radius 2 is 1.89 bits per heavy atom. The van der Waals surface area contributed by atoms with Gasteiger partial charge in [-0.2, -0.15) is 0 Å². The van der Waals surface area contributed by atoms with Crippen molar-refractivity contribution in [1.29, 1.82) is 0 Å². The van der Waals surface area contributed by atoms with Crippen molar-refractivity contribution in [1.82, 2.24) is 18.8 Å². The van der Waals surface area contributed by atoms with Crippen molar-refractivity contribution >= 4 is 26.8 Å². The first kappa shape index (κ1) is 19.3. The number of sulfonamides is 1. The maximum atomic E-state index is 12.8. The minimum atomic E-state index is -3.80. The topological polar surface area (TPSA) is 110 Å². The van der Waals surface area contributed by atoms with Gasteiger partial charge in [0.2, 0.25) is 15.9 Å². The zero-order valence-corrected chi connectivity index (χ0v) is 16.5. The van der Waals surface area contributed by atoms with E-state index in [-0.39, 0.29) is 10.3 Å². The molecule has 0 radical (unpaired) electrons. The average molecular weight is 394 g/mol. The van der Waals surface area contributed by atoms with Crippen LogP contribution in [-0.4, -0.2) is 48.0 Å². The lowest BCUT2D eigenvalue weighted by atomic mass is 10.2. The molecule has 10 heteroatoms. The van der Waals surface area contributed by atoms with Crippen molar-refractivity contribution in [2.75, 3.05) is 14.1 Å². The van der Waals surface area contributed by atoms with Gasteiger partial charge in [0.1, 0.15) is 6.54 Å². The van der Waals surface area contributed by atoms with Crippen LogP contribution in [0.5, 0.6) is 0 Å². The third kappa shape index (κ3) is 3.54. The summed E-state index contributed by atoms with van der Waals surface area (Å²) in [5.41, 5.74) is -1.48. The number of nitrogens with zero attached hydrogens (tertiary/aromatic N) is 3. The molecule has 0 unspecified atom stereocenters. The lowest BCUT2D eigenvalue weighted by Crippen LogP contribution is -2.43. The number of carbonyl (C=O) groups is 1. The predicted octanol–water partition coefficient (Wildman–Crippen LogP) is -0.381. The highest BCUT2D eigenvalue weighted by atomic mass is 32.2. The Labute approximate surface area is 156 Å². The number of rotatable bonds is 5. The molecular formula is C17H22N4O5S. The maximum absolute atomic E-state index is 12.8. The fraction of sp³-hybridized carbons (Fsp3) is 0.471. The van der Waals surface area contributed by atoms with E-state index >= 15 is 0 Å². The van der Waals surface area contributed by atoms with E-state index in [0.29, 0.717) is 5.52 Å². The molecule has 1 aliphatic rings. The van der Waals surface area contributed by atoms with Crippen molar-refractivity contribution in [3.8, 4) is 0 Å². The average Bonchev–Trinajstić information content (AvgIpc) is 3.31. The van der Waals surface area contributed by atoms with Crippen LogP contribution in [0.3, 0.4) is 0 Å². The minimum absolute atomic E-state index is 0.0515. The van der Waals surface area contributed by atoms with Crippen LogP contribution in [0.1, 0.15) is 19.8 Å². The monoisotopic (exact) mass is 394 g/mol. The van der Waals surface area contributed by atoms with E-state index in [9.17, 15) is 22.8 Å².